The molecule has 2 N–H and O–H groups in total. The fourth-order valence-corrected chi connectivity index (χ4v) is 0.761. The van der Waals surface area contributed by atoms with Gasteiger partial charge in [0.1, 0.15) is 0 Å². The molecule has 0 aromatic heterocycles. The molecule has 1 aliphatic heterocycles. The van der Waals surface area contributed by atoms with E-state index < -0.39 is 0 Å². The fraction of sp³-hybridized carbons (Fsp3) is 0.500. The molecular weight excluding hydrogens is 132 g/mol. The fourth-order valence-electron chi connectivity index (χ4n) is 0.761. The standard InChI is InChI=1S/C6H10N2O2/c1-2-5-3-8(9)6(7)10-4-5/h2,5,7,9H,1,3-4H2. The monoisotopic (exact) mass is 142 g/mol. The highest BCUT2D eigenvalue weighted by Gasteiger charge is 2.20. The maximum Gasteiger partial charge on any atom is 0.308 e. The van der Waals surface area contributed by atoms with Gasteiger partial charge in [-0.15, -0.1) is 6.58 Å². The van der Waals surface area contributed by atoms with Gasteiger partial charge in [-0.25, -0.2) is 10.5 Å². The van der Waals surface area contributed by atoms with E-state index in [4.69, 9.17) is 15.4 Å². The molecule has 1 aliphatic rings. The van der Waals surface area contributed by atoms with E-state index in [1.54, 1.807) is 6.08 Å². The molecule has 0 spiro atoms. The lowest BCUT2D eigenvalue weighted by molar-refractivity contribution is -0.0764. The molecule has 0 aromatic rings. The zero-order valence-electron chi connectivity index (χ0n) is 5.58. The van der Waals surface area contributed by atoms with E-state index in [1.807, 2.05) is 0 Å². The lowest BCUT2D eigenvalue weighted by Gasteiger charge is -2.27. The number of hydrogen-bond donors (Lipinski definition) is 2. The van der Waals surface area contributed by atoms with Gasteiger partial charge >= 0.3 is 6.02 Å². The summed E-state index contributed by atoms with van der Waals surface area (Å²) in [5, 5.41) is 16.7. The molecule has 0 radical (unpaired) electrons. The normalized spacial score (nSPS) is 25.9. The number of nitrogens with one attached hydrogen (secondary N) is 1. The second-order valence-electron chi connectivity index (χ2n) is 2.19. The predicted octanol–water partition coefficient (Wildman–Crippen LogP) is 0.445. The van der Waals surface area contributed by atoms with E-state index >= 15 is 0 Å². The van der Waals surface area contributed by atoms with Gasteiger partial charge < -0.3 is 4.74 Å². The van der Waals surface area contributed by atoms with Gasteiger partial charge in [-0.05, 0) is 0 Å². The summed E-state index contributed by atoms with van der Waals surface area (Å²) in [4.78, 5) is 0. The lowest BCUT2D eigenvalue weighted by Crippen LogP contribution is -2.40. The Morgan fingerprint density at radius 2 is 2.60 bits per heavy atom. The molecule has 1 rings (SSSR count). The van der Waals surface area contributed by atoms with Gasteiger partial charge in [-0.1, -0.05) is 6.08 Å². The third-order valence-corrected chi connectivity index (χ3v) is 1.41. The van der Waals surface area contributed by atoms with Gasteiger partial charge in [-0.2, -0.15) is 0 Å². The molecule has 1 unspecified atom stereocenters. The molecule has 0 aromatic carbocycles. The molecule has 0 bridgehead atoms. The molecule has 4 heteroatoms. The molecule has 56 valence electrons. The minimum Gasteiger partial charge on any atom is -0.463 e. The van der Waals surface area contributed by atoms with Crippen molar-refractivity contribution in [2.75, 3.05) is 13.2 Å². The lowest BCUT2D eigenvalue weighted by atomic mass is 10.1. The maximum absolute atomic E-state index is 8.92. The van der Waals surface area contributed by atoms with Crippen molar-refractivity contribution < 1.29 is 9.94 Å². The number of nitrogens with zero attached hydrogens (tertiary/aromatic N) is 1. The summed E-state index contributed by atoms with van der Waals surface area (Å²) < 4.78 is 4.78. The summed E-state index contributed by atoms with van der Waals surface area (Å²) in [6.45, 7) is 4.40. The Kier molecular flexibility index (Phi) is 1.91. The third-order valence-electron chi connectivity index (χ3n) is 1.41. The van der Waals surface area contributed by atoms with E-state index in [2.05, 4.69) is 6.58 Å². The summed E-state index contributed by atoms with van der Waals surface area (Å²) in [5.74, 6) is 0.124. The summed E-state index contributed by atoms with van der Waals surface area (Å²) >= 11 is 0. The summed E-state index contributed by atoms with van der Waals surface area (Å²) in [7, 11) is 0. The van der Waals surface area contributed by atoms with Crippen molar-refractivity contribution in [2.24, 2.45) is 5.92 Å². The molecule has 0 aliphatic carbocycles. The first-order valence-corrected chi connectivity index (χ1v) is 3.04. The van der Waals surface area contributed by atoms with E-state index in [0.29, 0.717) is 13.2 Å². The first kappa shape index (κ1) is 7.08. The molecule has 1 fully saturated rings. The minimum absolute atomic E-state index is 0.124. The number of hydroxylamine groups is 2. The maximum atomic E-state index is 8.92. The minimum atomic E-state index is -0.182. The van der Waals surface area contributed by atoms with Gasteiger partial charge in [0, 0.05) is 5.92 Å². The van der Waals surface area contributed by atoms with Crippen LogP contribution < -0.4 is 0 Å². The molecule has 0 saturated carbocycles. The van der Waals surface area contributed by atoms with Gasteiger partial charge in [0.25, 0.3) is 0 Å². The number of amidine groups is 1. The van der Waals surface area contributed by atoms with Crippen molar-refractivity contribution in [3.05, 3.63) is 12.7 Å². The number of hydrogen-bond acceptors (Lipinski definition) is 3. The summed E-state index contributed by atoms with van der Waals surface area (Å²) in [6, 6.07) is -0.182. The molecule has 1 saturated heterocycles. The van der Waals surface area contributed by atoms with Crippen LogP contribution in [0.3, 0.4) is 0 Å². The number of rotatable bonds is 1. The molecule has 10 heavy (non-hydrogen) atoms. The van der Waals surface area contributed by atoms with E-state index in [1.165, 1.54) is 0 Å². The van der Waals surface area contributed by atoms with Gasteiger partial charge in [0.05, 0.1) is 13.2 Å². The Morgan fingerprint density at radius 3 is 3.10 bits per heavy atom. The van der Waals surface area contributed by atoms with E-state index in [9.17, 15) is 0 Å². The van der Waals surface area contributed by atoms with Crippen molar-refractivity contribution in [1.82, 2.24) is 5.06 Å². The zero-order valence-corrected chi connectivity index (χ0v) is 5.58. The van der Waals surface area contributed by atoms with Gasteiger partial charge in [0.2, 0.25) is 0 Å². The van der Waals surface area contributed by atoms with Gasteiger partial charge in [-0.3, -0.25) is 5.21 Å². The van der Waals surface area contributed by atoms with Gasteiger partial charge in [0.15, 0.2) is 0 Å². The molecule has 0 amide bonds. The SMILES string of the molecule is C=CC1COC(=N)N(O)C1. The Hall–Kier alpha value is -1.03. The second kappa shape index (κ2) is 2.70. The Labute approximate surface area is 59.2 Å². The van der Waals surface area contributed by atoms with Crippen LogP contribution in [-0.2, 0) is 4.74 Å². The average Bonchev–Trinajstić information content (AvgIpc) is 1.95. The van der Waals surface area contributed by atoms with Crippen LogP contribution in [-0.4, -0.2) is 29.4 Å². The molecule has 4 nitrogen and oxygen atoms in total. The van der Waals surface area contributed by atoms with Crippen LogP contribution in [0.1, 0.15) is 0 Å². The third kappa shape index (κ3) is 1.27. The highest BCUT2D eigenvalue weighted by Crippen LogP contribution is 2.08. The molecular formula is C6H10N2O2. The van der Waals surface area contributed by atoms with Crippen molar-refractivity contribution in [3.8, 4) is 0 Å². The first-order chi connectivity index (χ1) is 4.74. The number of ether oxygens (including phenoxy) is 1. The van der Waals surface area contributed by atoms with Crippen LogP contribution in [0.15, 0.2) is 12.7 Å². The van der Waals surface area contributed by atoms with Crippen molar-refractivity contribution in [1.29, 1.82) is 5.41 Å². The van der Waals surface area contributed by atoms with Crippen LogP contribution in [0, 0.1) is 11.3 Å². The second-order valence-corrected chi connectivity index (χ2v) is 2.19. The Morgan fingerprint density at radius 1 is 1.90 bits per heavy atom. The largest absolute Gasteiger partial charge is 0.463 e. The highest BCUT2D eigenvalue weighted by atomic mass is 16.6. The van der Waals surface area contributed by atoms with Crippen LogP contribution in [0.2, 0.25) is 0 Å². The first-order valence-electron chi connectivity index (χ1n) is 3.04. The quantitative estimate of drug-likeness (QED) is 0.522. The smallest absolute Gasteiger partial charge is 0.308 e. The van der Waals surface area contributed by atoms with Crippen LogP contribution >= 0.6 is 0 Å². The summed E-state index contributed by atoms with van der Waals surface area (Å²) in [5.41, 5.74) is 0. The predicted molar refractivity (Wildman–Crippen MR) is 35.9 cm³/mol. The van der Waals surface area contributed by atoms with Crippen molar-refractivity contribution >= 4 is 6.02 Å². The van der Waals surface area contributed by atoms with Crippen LogP contribution in [0.5, 0.6) is 0 Å². The molecule has 1 atom stereocenters. The highest BCUT2D eigenvalue weighted by molar-refractivity contribution is 5.69. The van der Waals surface area contributed by atoms with E-state index in [-0.39, 0.29) is 11.9 Å². The van der Waals surface area contributed by atoms with E-state index in [0.717, 1.165) is 5.06 Å². The van der Waals surface area contributed by atoms with Crippen LogP contribution in [0.25, 0.3) is 0 Å². The van der Waals surface area contributed by atoms with Crippen molar-refractivity contribution in [2.45, 2.75) is 0 Å². The Bertz CT molecular complexity index is 158. The van der Waals surface area contributed by atoms with Crippen LogP contribution in [0.4, 0.5) is 0 Å². The Balaban J connectivity index is 2.48. The summed E-state index contributed by atoms with van der Waals surface area (Å²) in [6.07, 6.45) is 1.70. The van der Waals surface area contributed by atoms with Crippen molar-refractivity contribution in [3.63, 3.8) is 0 Å². The molecule has 1 heterocycles. The topological polar surface area (TPSA) is 56.5 Å². The average molecular weight is 142 g/mol. The zero-order chi connectivity index (χ0) is 7.56.